The highest BCUT2D eigenvalue weighted by atomic mass is 79.9. The van der Waals surface area contributed by atoms with Gasteiger partial charge in [0.05, 0.1) is 25.7 Å². The molecule has 11 heteroatoms. The van der Waals surface area contributed by atoms with E-state index in [1.165, 1.54) is 11.8 Å². The van der Waals surface area contributed by atoms with E-state index in [4.69, 9.17) is 9.47 Å². The van der Waals surface area contributed by atoms with Crippen LogP contribution in [0.25, 0.3) is 17.1 Å². The second-order valence-corrected chi connectivity index (χ2v) is 9.14. The summed E-state index contributed by atoms with van der Waals surface area (Å²) in [4.78, 5) is 16.6. The van der Waals surface area contributed by atoms with Gasteiger partial charge in [0.15, 0.2) is 22.5 Å². The fraction of sp³-hybridized carbons (Fsp3) is 0.160. The first-order chi connectivity index (χ1) is 17.6. The lowest BCUT2D eigenvalue weighted by Gasteiger charge is -2.10. The Kier molecular flexibility index (Phi) is 8.69. The highest BCUT2D eigenvalue weighted by molar-refractivity contribution is 9.10. The van der Waals surface area contributed by atoms with E-state index in [0.717, 1.165) is 21.3 Å². The predicted octanol–water partition coefficient (Wildman–Crippen LogP) is 4.74. The molecule has 0 atom stereocenters. The summed E-state index contributed by atoms with van der Waals surface area (Å²) in [6, 6.07) is 17.0. The van der Waals surface area contributed by atoms with Gasteiger partial charge in [-0.15, -0.1) is 10.2 Å². The van der Waals surface area contributed by atoms with Gasteiger partial charge in [-0.1, -0.05) is 27.7 Å². The van der Waals surface area contributed by atoms with Crippen molar-refractivity contribution < 1.29 is 14.3 Å². The average Bonchev–Trinajstić information content (AvgIpc) is 3.33. The van der Waals surface area contributed by atoms with Crippen molar-refractivity contribution in [1.29, 1.82) is 0 Å². The quantitative estimate of drug-likeness (QED) is 0.168. The number of hydrazone groups is 1. The molecule has 4 aromatic rings. The molecule has 4 rings (SSSR count). The van der Waals surface area contributed by atoms with Gasteiger partial charge in [0.25, 0.3) is 5.91 Å². The summed E-state index contributed by atoms with van der Waals surface area (Å²) >= 11 is 4.74. The molecule has 2 heterocycles. The first kappa shape index (κ1) is 25.4. The van der Waals surface area contributed by atoms with E-state index in [0.29, 0.717) is 29.1 Å². The van der Waals surface area contributed by atoms with Gasteiger partial charge < -0.3 is 9.47 Å². The minimum atomic E-state index is -0.273. The number of nitrogens with one attached hydrogen (secondary N) is 1. The van der Waals surface area contributed by atoms with Gasteiger partial charge in [0.2, 0.25) is 0 Å². The number of ether oxygens (including phenoxy) is 2. The van der Waals surface area contributed by atoms with Crippen LogP contribution >= 0.6 is 27.7 Å². The van der Waals surface area contributed by atoms with Gasteiger partial charge >= 0.3 is 0 Å². The van der Waals surface area contributed by atoms with Crippen LogP contribution in [0.3, 0.4) is 0 Å². The highest BCUT2D eigenvalue weighted by Gasteiger charge is 2.17. The van der Waals surface area contributed by atoms with Crippen LogP contribution < -0.4 is 14.9 Å². The number of hydrogen-bond donors (Lipinski definition) is 1. The Morgan fingerprint density at radius 2 is 1.89 bits per heavy atom. The molecule has 0 fully saturated rings. The van der Waals surface area contributed by atoms with E-state index in [-0.39, 0.29) is 11.7 Å². The third-order valence-electron chi connectivity index (χ3n) is 4.88. The molecule has 0 saturated heterocycles. The number of hydrogen-bond acceptors (Lipinski definition) is 8. The number of carbonyl (C=O) groups is 1. The average molecular weight is 567 g/mol. The van der Waals surface area contributed by atoms with E-state index >= 15 is 0 Å². The summed E-state index contributed by atoms with van der Waals surface area (Å²) in [7, 11) is 1.57. The second-order valence-electron chi connectivity index (χ2n) is 7.28. The van der Waals surface area contributed by atoms with Crippen LogP contribution in [0.2, 0.25) is 0 Å². The predicted molar refractivity (Wildman–Crippen MR) is 143 cm³/mol. The van der Waals surface area contributed by atoms with Crippen LogP contribution in [0.15, 0.2) is 81.7 Å². The minimum absolute atomic E-state index is 0.106. The van der Waals surface area contributed by atoms with Gasteiger partial charge in [-0.25, -0.2) is 5.43 Å². The molecule has 0 aliphatic heterocycles. The van der Waals surface area contributed by atoms with Crippen LogP contribution in [-0.4, -0.2) is 51.3 Å². The van der Waals surface area contributed by atoms with E-state index in [9.17, 15) is 4.79 Å². The molecule has 184 valence electrons. The summed E-state index contributed by atoms with van der Waals surface area (Å²) in [5.74, 6) is 1.74. The van der Waals surface area contributed by atoms with Crippen LogP contribution in [0.4, 0.5) is 0 Å². The Balaban J connectivity index is 1.45. The summed E-state index contributed by atoms with van der Waals surface area (Å²) < 4.78 is 13.7. The SMILES string of the molecule is CCOc1ccc(/C=N/NC(=O)CSc2nnc(-c3ccncc3)n2-c2ccc(Br)cc2)cc1OC. The third kappa shape index (κ3) is 6.29. The lowest BCUT2D eigenvalue weighted by molar-refractivity contribution is -0.118. The van der Waals surface area contributed by atoms with Crippen molar-refractivity contribution in [3.05, 3.63) is 77.0 Å². The van der Waals surface area contributed by atoms with E-state index in [2.05, 4.69) is 41.6 Å². The van der Waals surface area contributed by atoms with Gasteiger partial charge in [0, 0.05) is 28.1 Å². The molecule has 0 aliphatic rings. The maximum Gasteiger partial charge on any atom is 0.250 e. The van der Waals surface area contributed by atoms with Gasteiger partial charge in [-0.05, 0) is 67.1 Å². The Hall–Kier alpha value is -3.70. The number of amides is 1. The fourth-order valence-electron chi connectivity index (χ4n) is 3.25. The Morgan fingerprint density at radius 3 is 2.61 bits per heavy atom. The lowest BCUT2D eigenvalue weighted by atomic mass is 10.2. The monoisotopic (exact) mass is 566 g/mol. The summed E-state index contributed by atoms with van der Waals surface area (Å²) in [6.45, 7) is 2.45. The molecule has 0 aliphatic carbocycles. The van der Waals surface area contributed by atoms with Crippen LogP contribution in [0.1, 0.15) is 12.5 Å². The number of nitrogens with zero attached hydrogens (tertiary/aromatic N) is 5. The maximum atomic E-state index is 12.5. The first-order valence-corrected chi connectivity index (χ1v) is 12.7. The molecule has 0 bridgehead atoms. The Bertz CT molecular complexity index is 1350. The molecule has 1 N–H and O–H groups in total. The van der Waals surface area contributed by atoms with Crippen LogP contribution in [0.5, 0.6) is 11.5 Å². The number of thioether (sulfide) groups is 1. The Morgan fingerprint density at radius 1 is 1.11 bits per heavy atom. The number of carbonyl (C=O) groups excluding carboxylic acids is 1. The molecule has 2 aromatic heterocycles. The van der Waals surface area contributed by atoms with Gasteiger partial charge in [-0.2, -0.15) is 5.10 Å². The van der Waals surface area contributed by atoms with E-state index < -0.39 is 0 Å². The van der Waals surface area contributed by atoms with Crippen LogP contribution in [0, 0.1) is 0 Å². The summed E-state index contributed by atoms with van der Waals surface area (Å²) in [5.41, 5.74) is 5.06. The normalized spacial score (nSPS) is 11.0. The smallest absolute Gasteiger partial charge is 0.250 e. The topological polar surface area (TPSA) is 104 Å². The maximum absolute atomic E-state index is 12.5. The highest BCUT2D eigenvalue weighted by Crippen LogP contribution is 2.29. The zero-order valence-corrected chi connectivity index (χ0v) is 22.0. The van der Waals surface area contributed by atoms with Crippen molar-refractivity contribution in [1.82, 2.24) is 25.2 Å². The van der Waals surface area contributed by atoms with Crippen molar-refractivity contribution in [2.45, 2.75) is 12.1 Å². The number of methoxy groups -OCH3 is 1. The van der Waals surface area contributed by atoms with Crippen molar-refractivity contribution in [3.63, 3.8) is 0 Å². The molecule has 0 radical (unpaired) electrons. The van der Waals surface area contributed by atoms with Crippen molar-refractivity contribution in [2.75, 3.05) is 19.5 Å². The standard InChI is InChI=1S/C25H23BrN6O3S/c1-3-35-21-9-4-17(14-22(21)34-2)15-28-29-23(33)16-36-25-31-30-24(18-10-12-27-13-11-18)32(25)20-7-5-19(26)6-8-20/h4-15H,3,16H2,1-2H3,(H,29,33)/b28-15+. The van der Waals surface area contributed by atoms with Crippen molar-refractivity contribution in [2.24, 2.45) is 5.10 Å². The Labute approximate surface area is 221 Å². The molecule has 2 aromatic carbocycles. The molecule has 0 spiro atoms. The third-order valence-corrected chi connectivity index (χ3v) is 6.34. The summed E-state index contributed by atoms with van der Waals surface area (Å²) in [5, 5.41) is 13.3. The van der Waals surface area contributed by atoms with Crippen LogP contribution in [-0.2, 0) is 4.79 Å². The van der Waals surface area contributed by atoms with E-state index in [1.807, 2.05) is 54.0 Å². The number of rotatable bonds is 10. The number of benzene rings is 2. The molecule has 0 unspecified atom stereocenters. The second kappa shape index (κ2) is 12.3. The van der Waals surface area contributed by atoms with E-state index in [1.54, 1.807) is 37.9 Å². The lowest BCUT2D eigenvalue weighted by Crippen LogP contribution is -2.20. The largest absolute Gasteiger partial charge is 0.493 e. The molecular formula is C25H23BrN6O3S. The zero-order chi connectivity index (χ0) is 25.3. The fourth-order valence-corrected chi connectivity index (χ4v) is 4.26. The molecule has 9 nitrogen and oxygen atoms in total. The molecule has 36 heavy (non-hydrogen) atoms. The number of pyridine rings is 1. The van der Waals surface area contributed by atoms with Crippen molar-refractivity contribution in [3.8, 4) is 28.6 Å². The first-order valence-electron chi connectivity index (χ1n) is 11.0. The summed E-state index contributed by atoms with van der Waals surface area (Å²) in [6.07, 6.45) is 4.95. The zero-order valence-electron chi connectivity index (χ0n) is 19.6. The molecule has 1 amide bonds. The van der Waals surface area contributed by atoms with Crippen molar-refractivity contribution >= 4 is 39.8 Å². The van der Waals surface area contributed by atoms with Gasteiger partial charge in [-0.3, -0.25) is 14.3 Å². The number of halogens is 1. The molecule has 0 saturated carbocycles. The molecular weight excluding hydrogens is 544 g/mol. The van der Waals surface area contributed by atoms with Gasteiger partial charge in [0.1, 0.15) is 0 Å². The minimum Gasteiger partial charge on any atom is -0.493 e. The number of aromatic nitrogens is 4.